The van der Waals surface area contributed by atoms with Crippen LogP contribution in [0.2, 0.25) is 5.15 Å². The van der Waals surface area contributed by atoms with Crippen molar-refractivity contribution >= 4 is 17.3 Å². The van der Waals surface area contributed by atoms with E-state index in [4.69, 9.17) is 11.6 Å². The summed E-state index contributed by atoms with van der Waals surface area (Å²) in [6, 6.07) is 13.1. The van der Waals surface area contributed by atoms with E-state index in [1.807, 2.05) is 12.1 Å². The number of pyridine rings is 1. The molecule has 0 amide bonds. The van der Waals surface area contributed by atoms with Gasteiger partial charge in [-0.1, -0.05) is 35.9 Å². The van der Waals surface area contributed by atoms with Crippen molar-refractivity contribution < 1.29 is 0 Å². The predicted octanol–water partition coefficient (Wildman–Crippen LogP) is 4.40. The molecular weight excluding hydrogens is 256 g/mol. The molecule has 1 fully saturated rings. The molecule has 1 aromatic carbocycles. The number of aromatic nitrogens is 1. The number of nitrogens with zero attached hydrogens (tertiary/aromatic N) is 1. The van der Waals surface area contributed by atoms with Crippen LogP contribution in [0.15, 0.2) is 42.6 Å². The first-order chi connectivity index (χ1) is 9.22. The molecule has 0 radical (unpaired) electrons. The monoisotopic (exact) mass is 272 g/mol. The summed E-state index contributed by atoms with van der Waals surface area (Å²) in [6.07, 6.45) is 4.11. The third kappa shape index (κ3) is 2.74. The Hall–Kier alpha value is -1.54. The first-order valence-electron chi connectivity index (χ1n) is 6.66. The lowest BCUT2D eigenvalue weighted by molar-refractivity contribution is 0.373. The quantitative estimate of drug-likeness (QED) is 0.838. The second kappa shape index (κ2) is 5.22. The van der Waals surface area contributed by atoms with Crippen LogP contribution in [0.3, 0.4) is 0 Å². The molecule has 2 aromatic rings. The molecule has 1 saturated carbocycles. The first-order valence-corrected chi connectivity index (χ1v) is 7.04. The van der Waals surface area contributed by atoms with E-state index < -0.39 is 0 Å². The normalized spacial score (nSPS) is 21.8. The Morgan fingerprint density at radius 3 is 2.74 bits per heavy atom. The summed E-state index contributed by atoms with van der Waals surface area (Å²) >= 11 is 5.88. The van der Waals surface area contributed by atoms with E-state index >= 15 is 0 Å². The molecule has 98 valence electrons. The van der Waals surface area contributed by atoms with Gasteiger partial charge in [-0.3, -0.25) is 0 Å². The largest absolute Gasteiger partial charge is 0.382 e. The lowest BCUT2D eigenvalue weighted by Crippen LogP contribution is -2.34. The summed E-state index contributed by atoms with van der Waals surface area (Å²) < 4.78 is 0. The molecule has 0 saturated heterocycles. The second-order valence-corrected chi connectivity index (χ2v) is 5.62. The summed E-state index contributed by atoms with van der Waals surface area (Å²) in [4.78, 5) is 3.99. The van der Waals surface area contributed by atoms with Gasteiger partial charge in [-0.15, -0.1) is 0 Å². The molecule has 1 heterocycles. The van der Waals surface area contributed by atoms with Crippen LogP contribution in [0.25, 0.3) is 0 Å². The van der Waals surface area contributed by atoms with Gasteiger partial charge in [-0.2, -0.15) is 0 Å². The standard InChI is InChI=1S/C16H17ClN2/c1-11-4-2-3-5-15(11)12-8-14(9-12)19-13-6-7-18-16(17)10-13/h2-7,10,12,14H,8-9H2,1H3,(H,18,19). The van der Waals surface area contributed by atoms with Gasteiger partial charge in [-0.25, -0.2) is 4.98 Å². The lowest BCUT2D eigenvalue weighted by Gasteiger charge is -2.37. The van der Waals surface area contributed by atoms with Crippen molar-refractivity contribution in [1.82, 2.24) is 4.98 Å². The highest BCUT2D eigenvalue weighted by atomic mass is 35.5. The van der Waals surface area contributed by atoms with Crippen LogP contribution in [0, 0.1) is 6.92 Å². The highest BCUT2D eigenvalue weighted by Gasteiger charge is 2.30. The number of nitrogens with one attached hydrogen (secondary N) is 1. The third-order valence-corrected chi connectivity index (χ3v) is 4.07. The average molecular weight is 273 g/mol. The van der Waals surface area contributed by atoms with Gasteiger partial charge in [-0.05, 0) is 48.9 Å². The number of halogens is 1. The highest BCUT2D eigenvalue weighted by molar-refractivity contribution is 6.29. The molecular formula is C16H17ClN2. The topological polar surface area (TPSA) is 24.9 Å². The molecule has 0 unspecified atom stereocenters. The van der Waals surface area contributed by atoms with Gasteiger partial charge in [0.05, 0.1) is 0 Å². The van der Waals surface area contributed by atoms with E-state index in [0.29, 0.717) is 17.1 Å². The zero-order valence-electron chi connectivity index (χ0n) is 10.9. The number of benzene rings is 1. The van der Waals surface area contributed by atoms with Crippen molar-refractivity contribution in [3.05, 3.63) is 58.9 Å². The first kappa shape index (κ1) is 12.5. The molecule has 3 heteroatoms. The molecule has 19 heavy (non-hydrogen) atoms. The molecule has 1 aliphatic rings. The molecule has 0 bridgehead atoms. The van der Waals surface area contributed by atoms with E-state index in [-0.39, 0.29) is 0 Å². The third-order valence-electron chi connectivity index (χ3n) is 3.86. The van der Waals surface area contributed by atoms with Crippen LogP contribution in [0.1, 0.15) is 29.9 Å². The van der Waals surface area contributed by atoms with Gasteiger partial charge in [0.2, 0.25) is 0 Å². The maximum absolute atomic E-state index is 5.88. The van der Waals surface area contributed by atoms with Crippen LogP contribution < -0.4 is 5.32 Å². The van der Waals surface area contributed by atoms with E-state index in [9.17, 15) is 0 Å². The number of hydrogen-bond donors (Lipinski definition) is 1. The molecule has 0 spiro atoms. The SMILES string of the molecule is Cc1ccccc1C1CC(Nc2ccnc(Cl)c2)C1. The second-order valence-electron chi connectivity index (χ2n) is 5.23. The molecule has 1 N–H and O–H groups in total. The summed E-state index contributed by atoms with van der Waals surface area (Å²) in [6.45, 7) is 2.19. The Morgan fingerprint density at radius 1 is 1.21 bits per heavy atom. The summed E-state index contributed by atoms with van der Waals surface area (Å²) in [5.41, 5.74) is 3.96. The summed E-state index contributed by atoms with van der Waals surface area (Å²) in [7, 11) is 0. The fourth-order valence-electron chi connectivity index (χ4n) is 2.76. The van der Waals surface area contributed by atoms with E-state index in [1.54, 1.807) is 6.20 Å². The number of anilines is 1. The number of rotatable bonds is 3. The molecule has 3 rings (SSSR count). The van der Waals surface area contributed by atoms with Gasteiger partial charge in [0, 0.05) is 17.9 Å². The van der Waals surface area contributed by atoms with Gasteiger partial charge >= 0.3 is 0 Å². The number of hydrogen-bond acceptors (Lipinski definition) is 2. The van der Waals surface area contributed by atoms with Gasteiger partial charge in [0.15, 0.2) is 0 Å². The van der Waals surface area contributed by atoms with Crippen molar-refractivity contribution in [3.63, 3.8) is 0 Å². The molecule has 1 aliphatic carbocycles. The van der Waals surface area contributed by atoms with Crippen molar-refractivity contribution in [1.29, 1.82) is 0 Å². The van der Waals surface area contributed by atoms with E-state index in [1.165, 1.54) is 24.0 Å². The highest BCUT2D eigenvalue weighted by Crippen LogP contribution is 2.39. The molecule has 0 aliphatic heterocycles. The van der Waals surface area contributed by atoms with Crippen LogP contribution >= 0.6 is 11.6 Å². The maximum Gasteiger partial charge on any atom is 0.131 e. The molecule has 0 atom stereocenters. The fraction of sp³-hybridized carbons (Fsp3) is 0.312. The fourth-order valence-corrected chi connectivity index (χ4v) is 2.94. The maximum atomic E-state index is 5.88. The Kier molecular flexibility index (Phi) is 3.43. The minimum absolute atomic E-state index is 0.541. The zero-order valence-corrected chi connectivity index (χ0v) is 11.7. The van der Waals surface area contributed by atoms with Gasteiger partial charge in [0.1, 0.15) is 5.15 Å². The van der Waals surface area contributed by atoms with Gasteiger partial charge in [0.25, 0.3) is 0 Å². The van der Waals surface area contributed by atoms with Crippen LogP contribution in [-0.2, 0) is 0 Å². The van der Waals surface area contributed by atoms with Crippen molar-refractivity contribution in [2.75, 3.05) is 5.32 Å². The Labute approximate surface area is 118 Å². The predicted molar refractivity (Wildman–Crippen MR) is 79.8 cm³/mol. The van der Waals surface area contributed by atoms with Crippen LogP contribution in [0.4, 0.5) is 5.69 Å². The Bertz CT molecular complexity index is 576. The van der Waals surface area contributed by atoms with Crippen molar-refractivity contribution in [2.24, 2.45) is 0 Å². The van der Waals surface area contributed by atoms with Crippen molar-refractivity contribution in [3.8, 4) is 0 Å². The molecule has 2 nitrogen and oxygen atoms in total. The van der Waals surface area contributed by atoms with Crippen LogP contribution in [-0.4, -0.2) is 11.0 Å². The van der Waals surface area contributed by atoms with Crippen LogP contribution in [0.5, 0.6) is 0 Å². The van der Waals surface area contributed by atoms with Gasteiger partial charge < -0.3 is 5.32 Å². The Balaban J connectivity index is 1.60. The lowest BCUT2D eigenvalue weighted by atomic mass is 9.74. The number of aryl methyl sites for hydroxylation is 1. The molecule has 1 aromatic heterocycles. The minimum Gasteiger partial charge on any atom is -0.382 e. The van der Waals surface area contributed by atoms with Crippen molar-refractivity contribution in [2.45, 2.75) is 31.7 Å². The smallest absolute Gasteiger partial charge is 0.131 e. The zero-order chi connectivity index (χ0) is 13.2. The summed E-state index contributed by atoms with van der Waals surface area (Å²) in [5.74, 6) is 0.691. The average Bonchev–Trinajstić information content (AvgIpc) is 2.35. The summed E-state index contributed by atoms with van der Waals surface area (Å²) in [5, 5.41) is 4.06. The van der Waals surface area contributed by atoms with E-state index in [0.717, 1.165) is 5.69 Å². The van der Waals surface area contributed by atoms with E-state index in [2.05, 4.69) is 41.5 Å². The minimum atomic E-state index is 0.541. The Morgan fingerprint density at radius 2 is 2.00 bits per heavy atom.